The monoisotopic (exact) mass is 496 g/mol. The second-order valence-corrected chi connectivity index (χ2v) is 10.1. The zero-order valence-corrected chi connectivity index (χ0v) is 21.5. The second-order valence-electron chi connectivity index (χ2n) is 8.53. The highest BCUT2D eigenvalue weighted by Crippen LogP contribution is 2.31. The summed E-state index contributed by atoms with van der Waals surface area (Å²) in [4.78, 5) is 24.3. The lowest BCUT2D eigenvalue weighted by molar-refractivity contribution is -0.116. The Bertz CT molecular complexity index is 1200. The summed E-state index contributed by atoms with van der Waals surface area (Å²) in [6.07, 6.45) is 7.44. The van der Waals surface area contributed by atoms with Crippen molar-refractivity contribution in [2.45, 2.75) is 43.6 Å². The summed E-state index contributed by atoms with van der Waals surface area (Å²) in [5.74, 6) is 2.04. The van der Waals surface area contributed by atoms with Gasteiger partial charge in [0.25, 0.3) is 0 Å². The predicted molar refractivity (Wildman–Crippen MR) is 139 cm³/mol. The van der Waals surface area contributed by atoms with Gasteiger partial charge in [0.2, 0.25) is 5.91 Å². The Morgan fingerprint density at radius 3 is 2.66 bits per heavy atom. The summed E-state index contributed by atoms with van der Waals surface area (Å²) in [6.45, 7) is 7.23. The Hall–Kier alpha value is -3.27. The molecule has 0 aliphatic carbocycles. The Kier molecular flexibility index (Phi) is 8.12. The van der Waals surface area contributed by atoms with E-state index in [4.69, 9.17) is 19.4 Å². The Labute approximate surface area is 209 Å². The SMILES string of the molecule is COc1ccc(/C=C\C(=O)NCCn2ncc3c(N4CCCC4)nc(SC(C)C)nc32)cc1OC. The van der Waals surface area contributed by atoms with Gasteiger partial charge < -0.3 is 19.7 Å². The summed E-state index contributed by atoms with van der Waals surface area (Å²) in [6, 6.07) is 5.50. The maximum Gasteiger partial charge on any atom is 0.244 e. The Morgan fingerprint density at radius 2 is 1.94 bits per heavy atom. The average molecular weight is 497 g/mol. The highest BCUT2D eigenvalue weighted by Gasteiger charge is 2.21. The molecule has 10 heteroatoms. The summed E-state index contributed by atoms with van der Waals surface area (Å²) < 4.78 is 12.4. The smallest absolute Gasteiger partial charge is 0.244 e. The van der Waals surface area contributed by atoms with Crippen LogP contribution in [0.15, 0.2) is 35.6 Å². The molecule has 3 aromatic rings. The molecule has 9 nitrogen and oxygen atoms in total. The molecule has 1 aromatic carbocycles. The molecular formula is C25H32N6O3S. The zero-order chi connectivity index (χ0) is 24.8. The van der Waals surface area contributed by atoms with E-state index in [9.17, 15) is 4.79 Å². The largest absolute Gasteiger partial charge is 0.493 e. The number of nitrogens with one attached hydrogen (secondary N) is 1. The van der Waals surface area contributed by atoms with Crippen molar-refractivity contribution in [1.82, 2.24) is 25.1 Å². The fraction of sp³-hybridized carbons (Fsp3) is 0.440. The zero-order valence-electron chi connectivity index (χ0n) is 20.7. The minimum Gasteiger partial charge on any atom is -0.493 e. The van der Waals surface area contributed by atoms with E-state index >= 15 is 0 Å². The Morgan fingerprint density at radius 1 is 1.17 bits per heavy atom. The summed E-state index contributed by atoms with van der Waals surface area (Å²) in [7, 11) is 3.17. The van der Waals surface area contributed by atoms with Gasteiger partial charge in [-0.1, -0.05) is 31.7 Å². The molecule has 186 valence electrons. The number of carbonyl (C=O) groups excluding carboxylic acids is 1. The molecule has 0 radical (unpaired) electrons. The van der Waals surface area contributed by atoms with E-state index in [0.29, 0.717) is 29.8 Å². The van der Waals surface area contributed by atoms with Crippen LogP contribution in [0.1, 0.15) is 32.3 Å². The van der Waals surface area contributed by atoms with E-state index in [-0.39, 0.29) is 5.91 Å². The van der Waals surface area contributed by atoms with Gasteiger partial charge in [0.1, 0.15) is 5.82 Å². The lowest BCUT2D eigenvalue weighted by atomic mass is 10.2. The molecular weight excluding hydrogens is 464 g/mol. The maximum absolute atomic E-state index is 12.4. The standard InChI is InChI=1S/C25H32N6O3S/c1-17(2)35-25-28-23(30-12-5-6-13-30)19-16-27-31(24(19)29-25)14-11-26-22(32)10-8-18-7-9-20(33-3)21(15-18)34-4/h7-10,15-17H,5-6,11-14H2,1-4H3,(H,26,32)/b10-8-. The molecule has 1 aliphatic rings. The highest BCUT2D eigenvalue weighted by atomic mass is 32.2. The molecule has 0 spiro atoms. The molecule has 1 aliphatic heterocycles. The number of amides is 1. The number of ether oxygens (including phenoxy) is 2. The van der Waals surface area contributed by atoms with Crippen molar-refractivity contribution in [3.8, 4) is 11.5 Å². The van der Waals surface area contributed by atoms with Gasteiger partial charge in [-0.2, -0.15) is 5.10 Å². The first-order valence-electron chi connectivity index (χ1n) is 11.8. The predicted octanol–water partition coefficient (Wildman–Crippen LogP) is 3.77. The first-order chi connectivity index (χ1) is 17.0. The van der Waals surface area contributed by atoms with Gasteiger partial charge in [-0.25, -0.2) is 14.6 Å². The maximum atomic E-state index is 12.4. The van der Waals surface area contributed by atoms with Crippen LogP contribution < -0.4 is 19.7 Å². The van der Waals surface area contributed by atoms with E-state index in [0.717, 1.165) is 40.7 Å². The van der Waals surface area contributed by atoms with Gasteiger partial charge in [-0.3, -0.25) is 4.79 Å². The van der Waals surface area contributed by atoms with E-state index in [1.165, 1.54) is 18.9 Å². The number of fused-ring (bicyclic) bond motifs is 1. The third-order valence-corrected chi connectivity index (χ3v) is 6.52. The van der Waals surface area contributed by atoms with Crippen molar-refractivity contribution >= 4 is 40.6 Å². The van der Waals surface area contributed by atoms with E-state index in [1.807, 2.05) is 29.1 Å². The lowest BCUT2D eigenvalue weighted by Gasteiger charge is -2.18. The first kappa shape index (κ1) is 24.8. The third-order valence-electron chi connectivity index (χ3n) is 5.66. The van der Waals surface area contributed by atoms with E-state index in [1.54, 1.807) is 32.1 Å². The first-order valence-corrected chi connectivity index (χ1v) is 12.7. The van der Waals surface area contributed by atoms with Crippen LogP contribution in [0.25, 0.3) is 17.1 Å². The van der Waals surface area contributed by atoms with Crippen LogP contribution in [0.5, 0.6) is 11.5 Å². The number of thioether (sulfide) groups is 1. The highest BCUT2D eigenvalue weighted by molar-refractivity contribution is 7.99. The number of methoxy groups -OCH3 is 2. The van der Waals surface area contributed by atoms with Crippen LogP contribution in [-0.2, 0) is 11.3 Å². The number of rotatable bonds is 10. The molecule has 0 atom stereocenters. The van der Waals surface area contributed by atoms with Crippen molar-refractivity contribution in [3.63, 3.8) is 0 Å². The van der Waals surface area contributed by atoms with Gasteiger partial charge in [-0.05, 0) is 36.6 Å². The molecule has 0 saturated carbocycles. The minimum absolute atomic E-state index is 0.181. The van der Waals surface area contributed by atoms with Crippen LogP contribution in [0.4, 0.5) is 5.82 Å². The number of aromatic nitrogens is 4. The fourth-order valence-electron chi connectivity index (χ4n) is 3.99. The molecule has 2 aromatic heterocycles. The van der Waals surface area contributed by atoms with Crippen LogP contribution >= 0.6 is 11.8 Å². The normalized spacial score (nSPS) is 13.8. The van der Waals surface area contributed by atoms with E-state index < -0.39 is 0 Å². The number of nitrogens with zero attached hydrogens (tertiary/aromatic N) is 5. The molecule has 1 amide bonds. The van der Waals surface area contributed by atoms with Crippen molar-refractivity contribution in [1.29, 1.82) is 0 Å². The number of carbonyl (C=O) groups is 1. The van der Waals surface area contributed by atoms with Crippen molar-refractivity contribution in [2.24, 2.45) is 0 Å². The molecule has 1 fully saturated rings. The molecule has 1 N–H and O–H groups in total. The number of hydrogen-bond acceptors (Lipinski definition) is 8. The van der Waals surface area contributed by atoms with Crippen LogP contribution in [0.3, 0.4) is 0 Å². The third kappa shape index (κ3) is 6.05. The van der Waals surface area contributed by atoms with Gasteiger partial charge >= 0.3 is 0 Å². The number of hydrogen-bond donors (Lipinski definition) is 1. The van der Waals surface area contributed by atoms with Gasteiger partial charge in [-0.15, -0.1) is 0 Å². The summed E-state index contributed by atoms with van der Waals surface area (Å²) in [5, 5.41) is 9.58. The van der Waals surface area contributed by atoms with E-state index in [2.05, 4.69) is 29.2 Å². The minimum atomic E-state index is -0.181. The van der Waals surface area contributed by atoms with Gasteiger partial charge in [0.05, 0.1) is 32.3 Å². The molecule has 4 rings (SSSR count). The van der Waals surface area contributed by atoms with Crippen LogP contribution in [0.2, 0.25) is 0 Å². The average Bonchev–Trinajstić information content (AvgIpc) is 3.52. The molecule has 0 unspecified atom stereocenters. The Balaban J connectivity index is 1.43. The van der Waals surface area contributed by atoms with Gasteiger partial charge in [0, 0.05) is 31.0 Å². The van der Waals surface area contributed by atoms with Crippen molar-refractivity contribution < 1.29 is 14.3 Å². The van der Waals surface area contributed by atoms with Crippen molar-refractivity contribution in [2.75, 3.05) is 38.8 Å². The van der Waals surface area contributed by atoms with Gasteiger partial charge in [0.15, 0.2) is 22.3 Å². The lowest BCUT2D eigenvalue weighted by Crippen LogP contribution is -2.26. The van der Waals surface area contributed by atoms with Crippen LogP contribution in [-0.4, -0.2) is 64.8 Å². The molecule has 35 heavy (non-hydrogen) atoms. The number of benzene rings is 1. The quantitative estimate of drug-likeness (QED) is 0.258. The second kappa shape index (κ2) is 11.4. The summed E-state index contributed by atoms with van der Waals surface area (Å²) >= 11 is 1.65. The number of anilines is 1. The molecule has 3 heterocycles. The topological polar surface area (TPSA) is 94.4 Å². The van der Waals surface area contributed by atoms with Crippen LogP contribution in [0, 0.1) is 0 Å². The summed E-state index contributed by atoms with van der Waals surface area (Å²) in [5.41, 5.74) is 1.65. The molecule has 1 saturated heterocycles. The molecule has 0 bridgehead atoms. The van der Waals surface area contributed by atoms with Crippen molar-refractivity contribution in [3.05, 3.63) is 36.0 Å². The fourth-order valence-corrected chi connectivity index (χ4v) is 4.69.